The minimum Gasteiger partial charge on any atom is -0.348 e. The lowest BCUT2D eigenvalue weighted by Gasteiger charge is -2.15. The number of rotatable bonds is 7. The van der Waals surface area contributed by atoms with Gasteiger partial charge in [-0.2, -0.15) is 0 Å². The quantitative estimate of drug-likeness (QED) is 0.439. The number of nitrogens with one attached hydrogen (secondary N) is 1. The molecule has 0 heterocycles. The minimum absolute atomic E-state index is 0.0205. The Morgan fingerprint density at radius 2 is 1.95 bits per heavy atom. The van der Waals surface area contributed by atoms with Gasteiger partial charge in [0.1, 0.15) is 0 Å². The summed E-state index contributed by atoms with van der Waals surface area (Å²) in [5.74, 6) is -0.214. The summed E-state index contributed by atoms with van der Waals surface area (Å²) >= 11 is 6.71. The largest absolute Gasteiger partial charge is 0.348 e. The molecule has 1 rings (SSSR count). The normalized spacial score (nSPS) is 11.9. The van der Waals surface area contributed by atoms with E-state index in [9.17, 15) is 14.9 Å². The highest BCUT2D eigenvalue weighted by Gasteiger charge is 2.13. The number of amides is 1. The summed E-state index contributed by atoms with van der Waals surface area (Å²) in [5, 5.41) is 15.0. The Balaban J connectivity index is 2.63. The number of carbonyl (C=O) groups excluding carboxylic acids is 1. The van der Waals surface area contributed by atoms with Crippen LogP contribution in [0.2, 0.25) is 0 Å². The van der Waals surface area contributed by atoms with Gasteiger partial charge < -0.3 is 5.32 Å². The van der Waals surface area contributed by atoms with Crippen LogP contribution in [0.5, 0.6) is 0 Å². The molecule has 1 aromatic carbocycles. The molecular formula is C12H14Br2N2O3. The van der Waals surface area contributed by atoms with E-state index in [-0.39, 0.29) is 17.6 Å². The monoisotopic (exact) mass is 392 g/mol. The zero-order valence-corrected chi connectivity index (χ0v) is 13.3. The van der Waals surface area contributed by atoms with Crippen molar-refractivity contribution < 1.29 is 9.72 Å². The van der Waals surface area contributed by atoms with Crippen LogP contribution in [0.3, 0.4) is 0 Å². The Kier molecular flexibility index (Phi) is 7.01. The molecule has 0 saturated carbocycles. The number of carbonyl (C=O) groups is 1. The number of nitrogens with zero attached hydrogens (tertiary/aromatic N) is 1. The molecule has 0 bridgehead atoms. The van der Waals surface area contributed by atoms with Crippen LogP contribution in [0, 0.1) is 10.1 Å². The first-order valence-electron chi connectivity index (χ1n) is 5.75. The minimum atomic E-state index is -0.487. The molecule has 19 heavy (non-hydrogen) atoms. The van der Waals surface area contributed by atoms with Crippen molar-refractivity contribution in [3.05, 3.63) is 39.9 Å². The highest BCUT2D eigenvalue weighted by Crippen LogP contribution is 2.12. The van der Waals surface area contributed by atoms with Crippen molar-refractivity contribution in [1.82, 2.24) is 5.32 Å². The van der Waals surface area contributed by atoms with Crippen molar-refractivity contribution in [2.45, 2.75) is 18.9 Å². The smallest absolute Gasteiger partial charge is 0.269 e. The lowest BCUT2D eigenvalue weighted by molar-refractivity contribution is -0.384. The predicted molar refractivity (Wildman–Crippen MR) is 81.2 cm³/mol. The van der Waals surface area contributed by atoms with Crippen LogP contribution in [0.25, 0.3) is 0 Å². The van der Waals surface area contributed by atoms with Crippen LogP contribution in [0.4, 0.5) is 5.69 Å². The van der Waals surface area contributed by atoms with Gasteiger partial charge in [-0.3, -0.25) is 14.9 Å². The highest BCUT2D eigenvalue weighted by molar-refractivity contribution is 9.09. The first-order valence-corrected chi connectivity index (χ1v) is 8.00. The van der Waals surface area contributed by atoms with Gasteiger partial charge in [-0.05, 0) is 25.0 Å². The molecule has 1 aromatic rings. The molecule has 0 saturated heterocycles. The maximum atomic E-state index is 11.9. The molecule has 0 spiro atoms. The van der Waals surface area contributed by atoms with E-state index in [0.29, 0.717) is 10.9 Å². The van der Waals surface area contributed by atoms with Gasteiger partial charge in [0.25, 0.3) is 11.6 Å². The summed E-state index contributed by atoms with van der Waals surface area (Å²) in [6.07, 6.45) is 1.84. The van der Waals surface area contributed by atoms with Crippen LogP contribution < -0.4 is 5.32 Å². The van der Waals surface area contributed by atoms with E-state index in [1.807, 2.05) is 0 Å². The summed E-state index contributed by atoms with van der Waals surface area (Å²) in [6, 6.07) is 5.64. The van der Waals surface area contributed by atoms with E-state index in [2.05, 4.69) is 37.2 Å². The summed E-state index contributed by atoms with van der Waals surface area (Å²) in [5.41, 5.74) is 0.406. The SMILES string of the molecule is O=C(NC(CBr)CCCBr)c1ccc([N+](=O)[O-])cc1. The first-order chi connectivity index (χ1) is 9.08. The number of nitro groups is 1. The number of alkyl halides is 2. The summed E-state index contributed by atoms with van der Waals surface area (Å²) < 4.78 is 0. The Bertz CT molecular complexity index is 437. The fourth-order valence-electron chi connectivity index (χ4n) is 1.51. The Morgan fingerprint density at radius 3 is 2.42 bits per heavy atom. The fraction of sp³-hybridized carbons (Fsp3) is 0.417. The van der Waals surface area contributed by atoms with Crippen LogP contribution in [-0.2, 0) is 0 Å². The van der Waals surface area contributed by atoms with Crippen LogP contribution in [0.1, 0.15) is 23.2 Å². The molecule has 0 aliphatic carbocycles. The molecule has 5 nitrogen and oxygen atoms in total. The molecular weight excluding hydrogens is 380 g/mol. The van der Waals surface area contributed by atoms with Gasteiger partial charge in [-0.25, -0.2) is 0 Å². The second-order valence-electron chi connectivity index (χ2n) is 3.96. The zero-order chi connectivity index (χ0) is 14.3. The van der Waals surface area contributed by atoms with Crippen LogP contribution in [-0.4, -0.2) is 27.5 Å². The molecule has 1 amide bonds. The average Bonchev–Trinajstić information content (AvgIpc) is 2.43. The van der Waals surface area contributed by atoms with Gasteiger partial charge >= 0.3 is 0 Å². The second-order valence-corrected chi connectivity index (χ2v) is 5.40. The van der Waals surface area contributed by atoms with Crippen LogP contribution in [0.15, 0.2) is 24.3 Å². The number of benzene rings is 1. The third kappa shape index (κ3) is 5.28. The fourth-order valence-corrected chi connectivity index (χ4v) is 2.32. The molecule has 0 aliphatic rings. The second kappa shape index (κ2) is 8.27. The standard InChI is InChI=1S/C12H14Br2N2O3/c13-7-1-2-10(8-14)15-12(17)9-3-5-11(6-4-9)16(18)19/h3-6,10H,1-2,7-8H2,(H,15,17). The Labute approximate surface area is 128 Å². The maximum Gasteiger partial charge on any atom is 0.269 e. The maximum absolute atomic E-state index is 11.9. The molecule has 0 aliphatic heterocycles. The van der Waals surface area contributed by atoms with Gasteiger partial charge in [0.15, 0.2) is 0 Å². The molecule has 0 aromatic heterocycles. The molecule has 1 unspecified atom stereocenters. The van der Waals surface area contributed by atoms with E-state index in [0.717, 1.165) is 18.2 Å². The van der Waals surface area contributed by atoms with Gasteiger partial charge in [0, 0.05) is 34.4 Å². The average molecular weight is 394 g/mol. The topological polar surface area (TPSA) is 72.2 Å². The molecule has 0 fully saturated rings. The van der Waals surface area contributed by atoms with Crippen molar-refractivity contribution in [3.63, 3.8) is 0 Å². The van der Waals surface area contributed by atoms with E-state index in [1.54, 1.807) is 0 Å². The van der Waals surface area contributed by atoms with Crippen molar-refractivity contribution in [2.75, 3.05) is 10.7 Å². The summed E-state index contributed by atoms with van der Waals surface area (Å²) in [7, 11) is 0. The Hall–Kier alpha value is -0.950. The molecule has 104 valence electrons. The third-order valence-electron chi connectivity index (χ3n) is 2.55. The molecule has 1 N–H and O–H groups in total. The van der Waals surface area contributed by atoms with Gasteiger partial charge in [0.05, 0.1) is 4.92 Å². The third-order valence-corrected chi connectivity index (χ3v) is 3.89. The summed E-state index contributed by atoms with van der Waals surface area (Å²) in [4.78, 5) is 22.0. The van der Waals surface area contributed by atoms with Crippen molar-refractivity contribution in [1.29, 1.82) is 0 Å². The number of hydrogen-bond acceptors (Lipinski definition) is 3. The van der Waals surface area contributed by atoms with Crippen molar-refractivity contribution >= 4 is 43.5 Å². The molecule has 0 radical (unpaired) electrons. The van der Waals surface area contributed by atoms with Crippen molar-refractivity contribution in [2.24, 2.45) is 0 Å². The van der Waals surface area contributed by atoms with Gasteiger partial charge in [-0.1, -0.05) is 31.9 Å². The van der Waals surface area contributed by atoms with Gasteiger partial charge in [0.2, 0.25) is 0 Å². The number of hydrogen-bond donors (Lipinski definition) is 1. The van der Waals surface area contributed by atoms with E-state index in [4.69, 9.17) is 0 Å². The predicted octanol–water partition coefficient (Wildman–Crippen LogP) is 3.26. The van der Waals surface area contributed by atoms with E-state index < -0.39 is 4.92 Å². The van der Waals surface area contributed by atoms with Gasteiger partial charge in [-0.15, -0.1) is 0 Å². The number of non-ortho nitro benzene ring substituents is 1. The first kappa shape index (κ1) is 16.1. The van der Waals surface area contributed by atoms with Crippen LogP contribution >= 0.6 is 31.9 Å². The number of halogens is 2. The lowest BCUT2D eigenvalue weighted by atomic mass is 10.1. The highest BCUT2D eigenvalue weighted by atomic mass is 79.9. The molecule has 7 heteroatoms. The zero-order valence-electron chi connectivity index (χ0n) is 10.1. The molecule has 1 atom stereocenters. The Morgan fingerprint density at radius 1 is 1.32 bits per heavy atom. The lowest BCUT2D eigenvalue weighted by Crippen LogP contribution is -2.36. The van der Waals surface area contributed by atoms with E-state index in [1.165, 1.54) is 24.3 Å². The summed E-state index contributed by atoms with van der Waals surface area (Å²) in [6.45, 7) is 0. The number of nitro benzene ring substituents is 1. The van der Waals surface area contributed by atoms with E-state index >= 15 is 0 Å². The van der Waals surface area contributed by atoms with Crippen molar-refractivity contribution in [3.8, 4) is 0 Å².